The normalized spacial score (nSPS) is 11.5. The highest BCUT2D eigenvalue weighted by atomic mass is 32.2. The van der Waals surface area contributed by atoms with Crippen molar-refractivity contribution in [2.75, 3.05) is 5.32 Å². The molecule has 0 aliphatic heterocycles. The quantitative estimate of drug-likeness (QED) is 0.937. The number of carbonyl (C=O) groups excluding carboxylic acids is 1. The van der Waals surface area contributed by atoms with Gasteiger partial charge in [-0.3, -0.25) is 9.78 Å². The number of benzene rings is 1. The van der Waals surface area contributed by atoms with Crippen LogP contribution in [0, 0.1) is 6.92 Å². The monoisotopic (exact) mass is 326 g/mol. The molecule has 22 heavy (non-hydrogen) atoms. The molecule has 1 N–H and O–H groups in total. The molecule has 0 atom stereocenters. The highest BCUT2D eigenvalue weighted by molar-refractivity contribution is 7.91. The van der Waals surface area contributed by atoms with E-state index in [2.05, 4.69) is 10.3 Å². The van der Waals surface area contributed by atoms with Crippen LogP contribution >= 0.6 is 0 Å². The summed E-state index contributed by atoms with van der Waals surface area (Å²) >= 11 is 0. The molecule has 1 heterocycles. The number of halogens is 2. The minimum absolute atomic E-state index is 0.190. The molecule has 0 fully saturated rings. The predicted molar refractivity (Wildman–Crippen MR) is 76.6 cm³/mol. The summed E-state index contributed by atoms with van der Waals surface area (Å²) in [6, 6.07) is 8.11. The van der Waals surface area contributed by atoms with Crippen LogP contribution < -0.4 is 5.32 Å². The zero-order valence-electron chi connectivity index (χ0n) is 11.5. The standard InChI is InChI=1S/C14H12F2N2O3S/c1-9-6-7-10(8-17-9)13(19)18-11-4-2-3-5-12(11)22(20,21)14(15)16/h2-8,14H,1H3,(H,18,19). The molecule has 2 aromatic rings. The first kappa shape index (κ1) is 16.0. The molecule has 1 amide bonds. The fraction of sp³-hybridized carbons (Fsp3) is 0.143. The van der Waals surface area contributed by atoms with E-state index in [9.17, 15) is 22.0 Å². The summed E-state index contributed by atoms with van der Waals surface area (Å²) in [6.07, 6.45) is 1.31. The molecular formula is C14H12F2N2O3S. The second kappa shape index (κ2) is 6.18. The summed E-state index contributed by atoms with van der Waals surface area (Å²) in [6.45, 7) is 1.74. The number of aromatic nitrogens is 1. The van der Waals surface area contributed by atoms with E-state index in [0.717, 1.165) is 6.07 Å². The molecule has 0 aliphatic carbocycles. The average molecular weight is 326 g/mol. The van der Waals surface area contributed by atoms with Crippen molar-refractivity contribution in [1.29, 1.82) is 0 Å². The molecule has 5 nitrogen and oxygen atoms in total. The Balaban J connectivity index is 2.35. The van der Waals surface area contributed by atoms with Gasteiger partial charge in [-0.05, 0) is 31.2 Å². The molecule has 116 valence electrons. The van der Waals surface area contributed by atoms with Gasteiger partial charge < -0.3 is 5.32 Å². The van der Waals surface area contributed by atoms with Gasteiger partial charge in [-0.15, -0.1) is 0 Å². The molecular weight excluding hydrogens is 314 g/mol. The number of para-hydroxylation sites is 1. The van der Waals surface area contributed by atoms with Gasteiger partial charge in [-0.2, -0.15) is 8.78 Å². The number of rotatable bonds is 4. The average Bonchev–Trinajstić information content (AvgIpc) is 2.48. The number of aryl methyl sites for hydroxylation is 1. The Morgan fingerprint density at radius 3 is 2.45 bits per heavy atom. The topological polar surface area (TPSA) is 76.1 Å². The van der Waals surface area contributed by atoms with Crippen LogP contribution in [-0.2, 0) is 9.84 Å². The van der Waals surface area contributed by atoms with Gasteiger partial charge in [0.25, 0.3) is 5.91 Å². The summed E-state index contributed by atoms with van der Waals surface area (Å²) < 4.78 is 48.5. The maximum absolute atomic E-state index is 12.7. The minimum atomic E-state index is -4.81. The number of nitrogens with one attached hydrogen (secondary N) is 1. The van der Waals surface area contributed by atoms with Gasteiger partial charge in [0.2, 0.25) is 9.84 Å². The number of carbonyl (C=O) groups is 1. The number of pyridine rings is 1. The van der Waals surface area contributed by atoms with Crippen molar-refractivity contribution in [1.82, 2.24) is 4.98 Å². The van der Waals surface area contributed by atoms with Gasteiger partial charge in [0, 0.05) is 11.9 Å². The van der Waals surface area contributed by atoms with Crippen molar-refractivity contribution < 1.29 is 22.0 Å². The molecule has 8 heteroatoms. The van der Waals surface area contributed by atoms with Crippen LogP contribution in [0.5, 0.6) is 0 Å². The van der Waals surface area contributed by atoms with E-state index < -0.39 is 26.4 Å². The van der Waals surface area contributed by atoms with Crippen LogP contribution in [0.1, 0.15) is 16.1 Å². The lowest BCUT2D eigenvalue weighted by molar-refractivity contribution is 0.102. The van der Waals surface area contributed by atoms with Crippen LogP contribution in [0.2, 0.25) is 0 Å². The van der Waals surface area contributed by atoms with Crippen LogP contribution in [0.4, 0.5) is 14.5 Å². The second-order valence-electron chi connectivity index (χ2n) is 4.44. The molecule has 0 saturated heterocycles. The maximum Gasteiger partial charge on any atom is 0.341 e. The molecule has 2 rings (SSSR count). The van der Waals surface area contributed by atoms with Crippen LogP contribution in [0.25, 0.3) is 0 Å². The molecule has 0 bridgehead atoms. The van der Waals surface area contributed by atoms with Gasteiger partial charge in [-0.1, -0.05) is 12.1 Å². The Labute approximate surface area is 125 Å². The zero-order chi connectivity index (χ0) is 16.3. The summed E-state index contributed by atoms with van der Waals surface area (Å²) in [5.41, 5.74) is 0.695. The molecule has 1 aromatic heterocycles. The Kier molecular flexibility index (Phi) is 4.51. The van der Waals surface area contributed by atoms with E-state index in [4.69, 9.17) is 0 Å². The van der Waals surface area contributed by atoms with E-state index >= 15 is 0 Å². The highest BCUT2D eigenvalue weighted by Crippen LogP contribution is 2.26. The van der Waals surface area contributed by atoms with Crippen molar-refractivity contribution in [3.63, 3.8) is 0 Å². The third-order valence-electron chi connectivity index (χ3n) is 2.85. The maximum atomic E-state index is 12.7. The lowest BCUT2D eigenvalue weighted by Crippen LogP contribution is -2.18. The first-order valence-electron chi connectivity index (χ1n) is 6.17. The van der Waals surface area contributed by atoms with Gasteiger partial charge in [0.05, 0.1) is 16.1 Å². The Bertz CT molecular complexity index is 790. The largest absolute Gasteiger partial charge is 0.341 e. The number of amides is 1. The second-order valence-corrected chi connectivity index (χ2v) is 6.33. The molecule has 0 aliphatic rings. The molecule has 1 aromatic carbocycles. The highest BCUT2D eigenvalue weighted by Gasteiger charge is 2.29. The van der Waals surface area contributed by atoms with Gasteiger partial charge in [0.15, 0.2) is 0 Å². The van der Waals surface area contributed by atoms with Crippen molar-refractivity contribution in [2.24, 2.45) is 0 Å². The lowest BCUT2D eigenvalue weighted by Gasteiger charge is -2.11. The SMILES string of the molecule is Cc1ccc(C(=O)Nc2ccccc2S(=O)(=O)C(F)F)cn1. The molecule has 0 radical (unpaired) electrons. The van der Waals surface area contributed by atoms with E-state index in [1.807, 2.05) is 0 Å². The first-order chi connectivity index (χ1) is 10.3. The number of hydrogen-bond donors (Lipinski definition) is 1. The van der Waals surface area contributed by atoms with Crippen molar-refractivity contribution in [3.05, 3.63) is 53.9 Å². The summed E-state index contributed by atoms with van der Waals surface area (Å²) in [7, 11) is -4.81. The van der Waals surface area contributed by atoms with Gasteiger partial charge in [0.1, 0.15) is 0 Å². The van der Waals surface area contributed by atoms with Gasteiger partial charge >= 0.3 is 5.76 Å². The van der Waals surface area contributed by atoms with E-state index in [1.54, 1.807) is 13.0 Å². The Morgan fingerprint density at radius 2 is 1.86 bits per heavy atom. The predicted octanol–water partition coefficient (Wildman–Crippen LogP) is 2.64. The number of anilines is 1. The third kappa shape index (κ3) is 3.28. The molecule has 0 saturated carbocycles. The Morgan fingerprint density at radius 1 is 1.18 bits per heavy atom. The van der Waals surface area contributed by atoms with Crippen molar-refractivity contribution in [2.45, 2.75) is 17.6 Å². The third-order valence-corrected chi connectivity index (χ3v) is 4.29. The zero-order valence-corrected chi connectivity index (χ0v) is 12.3. The fourth-order valence-corrected chi connectivity index (χ4v) is 2.60. The van der Waals surface area contributed by atoms with Crippen LogP contribution in [0.15, 0.2) is 47.5 Å². The summed E-state index contributed by atoms with van der Waals surface area (Å²) in [5.74, 6) is -4.20. The number of hydrogen-bond acceptors (Lipinski definition) is 4. The summed E-state index contributed by atoms with van der Waals surface area (Å²) in [4.78, 5) is 15.4. The van der Waals surface area contributed by atoms with Crippen LogP contribution in [-0.4, -0.2) is 25.1 Å². The van der Waals surface area contributed by atoms with Gasteiger partial charge in [-0.25, -0.2) is 8.42 Å². The number of alkyl halides is 2. The summed E-state index contributed by atoms with van der Waals surface area (Å²) in [5, 5.41) is 2.32. The first-order valence-corrected chi connectivity index (χ1v) is 7.72. The minimum Gasteiger partial charge on any atom is -0.321 e. The lowest BCUT2D eigenvalue weighted by atomic mass is 10.2. The fourth-order valence-electron chi connectivity index (χ4n) is 1.71. The Hall–Kier alpha value is -2.35. The van der Waals surface area contributed by atoms with E-state index in [-0.39, 0.29) is 11.3 Å². The smallest absolute Gasteiger partial charge is 0.321 e. The molecule has 0 unspecified atom stereocenters. The van der Waals surface area contributed by atoms with E-state index in [0.29, 0.717) is 5.69 Å². The van der Waals surface area contributed by atoms with E-state index in [1.165, 1.54) is 30.5 Å². The number of nitrogens with zero attached hydrogens (tertiary/aromatic N) is 1. The van der Waals surface area contributed by atoms with Crippen molar-refractivity contribution in [3.8, 4) is 0 Å². The molecule has 0 spiro atoms. The van der Waals surface area contributed by atoms with Crippen LogP contribution in [0.3, 0.4) is 0 Å². The van der Waals surface area contributed by atoms with Crippen molar-refractivity contribution >= 4 is 21.4 Å². The number of sulfone groups is 1.